The van der Waals surface area contributed by atoms with Crippen LogP contribution in [-0.4, -0.2) is 9.55 Å². The van der Waals surface area contributed by atoms with Crippen molar-refractivity contribution in [2.24, 2.45) is 0 Å². The van der Waals surface area contributed by atoms with E-state index in [2.05, 4.69) is 27.8 Å². The molecular weight excluding hydrogens is 303 g/mol. The smallest absolute Gasteiger partial charge is 0.129 e. The summed E-state index contributed by atoms with van der Waals surface area (Å²) in [5.41, 5.74) is 5.82. The fourth-order valence-electron chi connectivity index (χ4n) is 3.20. The zero-order valence-electron chi connectivity index (χ0n) is 11.4. The third kappa shape index (κ3) is 2.05. The van der Waals surface area contributed by atoms with Crippen LogP contribution >= 0.6 is 23.2 Å². The number of benzene rings is 2. The summed E-state index contributed by atoms with van der Waals surface area (Å²) in [6.07, 6.45) is 3.58. The number of imidazole rings is 1. The fourth-order valence-corrected chi connectivity index (χ4v) is 3.63. The van der Waals surface area contributed by atoms with Crippen molar-refractivity contribution in [1.82, 2.24) is 9.55 Å². The Kier molecular flexibility index (Phi) is 3.16. The highest BCUT2D eigenvalue weighted by molar-refractivity contribution is 6.35. The second-order valence-electron chi connectivity index (χ2n) is 5.41. The predicted octanol–water partition coefficient (Wildman–Crippen LogP) is 4.91. The first-order chi connectivity index (χ1) is 10.3. The molecule has 0 amide bonds. The van der Waals surface area contributed by atoms with Gasteiger partial charge in [0.25, 0.3) is 0 Å². The van der Waals surface area contributed by atoms with Crippen molar-refractivity contribution in [2.75, 3.05) is 0 Å². The number of fused-ring (bicyclic) bond motifs is 2. The lowest BCUT2D eigenvalue weighted by atomic mass is 10.1. The molecule has 0 unspecified atom stereocenters. The van der Waals surface area contributed by atoms with E-state index in [1.165, 1.54) is 24.0 Å². The van der Waals surface area contributed by atoms with Gasteiger partial charge in [-0.25, -0.2) is 4.98 Å². The monoisotopic (exact) mass is 316 g/mol. The van der Waals surface area contributed by atoms with Crippen LogP contribution in [0.25, 0.3) is 16.7 Å². The minimum absolute atomic E-state index is 0.363. The number of aryl methyl sites for hydroxylation is 2. The second kappa shape index (κ2) is 5.04. The first-order valence-electron chi connectivity index (χ1n) is 7.12. The van der Waals surface area contributed by atoms with E-state index in [0.717, 1.165) is 29.0 Å². The van der Waals surface area contributed by atoms with Gasteiger partial charge >= 0.3 is 0 Å². The van der Waals surface area contributed by atoms with Gasteiger partial charge in [0.05, 0.1) is 21.9 Å². The lowest BCUT2D eigenvalue weighted by Gasteiger charge is -2.10. The Hall–Kier alpha value is -1.51. The van der Waals surface area contributed by atoms with Crippen LogP contribution in [0.2, 0.25) is 5.02 Å². The van der Waals surface area contributed by atoms with Crippen molar-refractivity contribution in [2.45, 2.75) is 25.1 Å². The zero-order valence-corrected chi connectivity index (χ0v) is 13.0. The molecule has 0 saturated heterocycles. The molecule has 0 aliphatic heterocycles. The maximum absolute atomic E-state index is 6.40. The van der Waals surface area contributed by atoms with Crippen LogP contribution in [0.3, 0.4) is 0 Å². The van der Waals surface area contributed by atoms with Crippen LogP contribution in [0.1, 0.15) is 23.4 Å². The van der Waals surface area contributed by atoms with Gasteiger partial charge in [-0.15, -0.1) is 11.6 Å². The summed E-state index contributed by atoms with van der Waals surface area (Å²) in [5, 5.41) is 0.705. The molecule has 1 heterocycles. The number of halogens is 2. The van der Waals surface area contributed by atoms with Crippen molar-refractivity contribution in [3.05, 3.63) is 58.4 Å². The lowest BCUT2D eigenvalue weighted by Crippen LogP contribution is -2.00. The van der Waals surface area contributed by atoms with Gasteiger partial charge < -0.3 is 0 Å². The second-order valence-corrected chi connectivity index (χ2v) is 6.09. The first kappa shape index (κ1) is 13.2. The molecule has 4 rings (SSSR count). The standard InChI is InChI=1S/C17H14Cl2N2/c18-10-16-20-15-6-2-5-14(19)17(15)21(16)13-8-7-11-3-1-4-12(11)9-13/h2,5-9H,1,3-4,10H2. The summed E-state index contributed by atoms with van der Waals surface area (Å²) in [5.74, 6) is 1.19. The van der Waals surface area contributed by atoms with E-state index in [1.807, 2.05) is 18.2 Å². The third-order valence-electron chi connectivity index (χ3n) is 4.16. The maximum atomic E-state index is 6.40. The molecule has 1 aliphatic rings. The lowest BCUT2D eigenvalue weighted by molar-refractivity contribution is 0.911. The molecule has 0 radical (unpaired) electrons. The number of aromatic nitrogens is 2. The SMILES string of the molecule is ClCc1nc2cccc(Cl)c2n1-c1ccc2c(c1)CCC2. The van der Waals surface area contributed by atoms with E-state index < -0.39 is 0 Å². The van der Waals surface area contributed by atoms with Crippen LogP contribution in [0.5, 0.6) is 0 Å². The average molecular weight is 317 g/mol. The quantitative estimate of drug-likeness (QED) is 0.614. The molecule has 0 spiro atoms. The summed E-state index contributed by atoms with van der Waals surface area (Å²) in [7, 11) is 0. The Morgan fingerprint density at radius 2 is 1.95 bits per heavy atom. The third-order valence-corrected chi connectivity index (χ3v) is 4.70. The summed E-state index contributed by atoms with van der Waals surface area (Å²) in [6.45, 7) is 0. The van der Waals surface area contributed by atoms with Gasteiger partial charge in [0.2, 0.25) is 0 Å². The van der Waals surface area contributed by atoms with Crippen LogP contribution in [0.15, 0.2) is 36.4 Å². The number of para-hydroxylation sites is 1. The van der Waals surface area contributed by atoms with Gasteiger partial charge in [0.1, 0.15) is 5.82 Å². The molecular formula is C17H14Cl2N2. The Morgan fingerprint density at radius 3 is 2.81 bits per heavy atom. The Labute approximate surface area is 133 Å². The minimum Gasteiger partial charge on any atom is -0.294 e. The van der Waals surface area contributed by atoms with E-state index in [-0.39, 0.29) is 0 Å². The highest BCUT2D eigenvalue weighted by atomic mass is 35.5. The molecule has 0 bridgehead atoms. The zero-order chi connectivity index (χ0) is 14.4. The van der Waals surface area contributed by atoms with Crippen LogP contribution in [0, 0.1) is 0 Å². The molecule has 106 valence electrons. The molecule has 1 aromatic heterocycles. The highest BCUT2D eigenvalue weighted by Crippen LogP contribution is 2.31. The molecule has 2 aromatic carbocycles. The van der Waals surface area contributed by atoms with Crippen molar-refractivity contribution >= 4 is 34.2 Å². The van der Waals surface area contributed by atoms with E-state index in [9.17, 15) is 0 Å². The molecule has 1 aliphatic carbocycles. The van der Waals surface area contributed by atoms with Crippen LogP contribution < -0.4 is 0 Å². The normalized spacial score (nSPS) is 13.8. The number of hydrogen-bond acceptors (Lipinski definition) is 1. The largest absolute Gasteiger partial charge is 0.294 e. The van der Waals surface area contributed by atoms with Crippen molar-refractivity contribution < 1.29 is 0 Å². The Balaban J connectivity index is 2.01. The van der Waals surface area contributed by atoms with Crippen molar-refractivity contribution in [3.8, 4) is 5.69 Å². The van der Waals surface area contributed by atoms with E-state index in [0.29, 0.717) is 10.9 Å². The Morgan fingerprint density at radius 1 is 1.10 bits per heavy atom. The molecule has 0 fully saturated rings. The van der Waals surface area contributed by atoms with E-state index in [4.69, 9.17) is 23.2 Å². The molecule has 0 saturated carbocycles. The van der Waals surface area contributed by atoms with Gasteiger partial charge in [0.15, 0.2) is 0 Å². The Bertz CT molecular complexity index is 836. The first-order valence-corrected chi connectivity index (χ1v) is 8.03. The van der Waals surface area contributed by atoms with Gasteiger partial charge in [-0.3, -0.25) is 4.57 Å². The molecule has 0 N–H and O–H groups in total. The number of nitrogens with zero attached hydrogens (tertiary/aromatic N) is 2. The fraction of sp³-hybridized carbons (Fsp3) is 0.235. The average Bonchev–Trinajstić information content (AvgIpc) is 3.10. The van der Waals surface area contributed by atoms with Crippen LogP contribution in [0.4, 0.5) is 0 Å². The summed E-state index contributed by atoms with van der Waals surface area (Å²) in [4.78, 5) is 4.61. The number of hydrogen-bond donors (Lipinski definition) is 0. The summed E-state index contributed by atoms with van der Waals surface area (Å²) in [6, 6.07) is 12.4. The molecule has 4 heteroatoms. The van der Waals surface area contributed by atoms with Gasteiger partial charge in [-0.05, 0) is 54.7 Å². The van der Waals surface area contributed by atoms with Gasteiger partial charge in [-0.2, -0.15) is 0 Å². The topological polar surface area (TPSA) is 17.8 Å². The summed E-state index contributed by atoms with van der Waals surface area (Å²) >= 11 is 12.5. The van der Waals surface area contributed by atoms with E-state index in [1.54, 1.807) is 0 Å². The highest BCUT2D eigenvalue weighted by Gasteiger charge is 2.17. The molecule has 0 atom stereocenters. The predicted molar refractivity (Wildman–Crippen MR) is 87.7 cm³/mol. The van der Waals surface area contributed by atoms with Gasteiger partial charge in [0, 0.05) is 5.69 Å². The van der Waals surface area contributed by atoms with Crippen molar-refractivity contribution in [1.29, 1.82) is 0 Å². The summed E-state index contributed by atoms with van der Waals surface area (Å²) < 4.78 is 2.09. The van der Waals surface area contributed by atoms with Gasteiger partial charge in [-0.1, -0.05) is 23.7 Å². The number of alkyl halides is 1. The maximum Gasteiger partial charge on any atom is 0.129 e. The molecule has 21 heavy (non-hydrogen) atoms. The van der Waals surface area contributed by atoms with Crippen molar-refractivity contribution in [3.63, 3.8) is 0 Å². The number of rotatable bonds is 2. The van der Waals surface area contributed by atoms with Crippen LogP contribution in [-0.2, 0) is 18.7 Å². The molecule has 2 nitrogen and oxygen atoms in total. The van der Waals surface area contributed by atoms with E-state index >= 15 is 0 Å². The minimum atomic E-state index is 0.363. The molecule has 3 aromatic rings.